The molecule has 0 unspecified atom stereocenters. The van der Waals surface area contributed by atoms with Gasteiger partial charge < -0.3 is 19.7 Å². The maximum Gasteiger partial charge on any atom is 0.303 e. The van der Waals surface area contributed by atoms with Crippen molar-refractivity contribution >= 4 is 5.97 Å². The molecule has 1 saturated heterocycles. The number of rotatable bonds is 8. The third-order valence-electron chi connectivity index (χ3n) is 5.67. The maximum atomic E-state index is 10.8. The number of aliphatic carboxylic acids is 1. The largest absolute Gasteiger partial charge is 0.491 e. The summed E-state index contributed by atoms with van der Waals surface area (Å²) in [5, 5.41) is 19.1. The number of para-hydroxylation sites is 1. The van der Waals surface area contributed by atoms with Gasteiger partial charge in [0.25, 0.3) is 0 Å². The Morgan fingerprint density at radius 3 is 2.81 bits per heavy atom. The van der Waals surface area contributed by atoms with Crippen LogP contribution in [-0.4, -0.2) is 41.1 Å². The molecule has 1 aliphatic heterocycles. The van der Waals surface area contributed by atoms with Gasteiger partial charge in [0.2, 0.25) is 0 Å². The van der Waals surface area contributed by atoms with Crippen molar-refractivity contribution in [2.24, 2.45) is 11.8 Å². The van der Waals surface area contributed by atoms with E-state index in [4.69, 9.17) is 14.6 Å². The second kappa shape index (κ2) is 9.90. The van der Waals surface area contributed by atoms with Gasteiger partial charge in [-0.25, -0.2) is 0 Å². The summed E-state index contributed by atoms with van der Waals surface area (Å²) in [5.74, 6) is 0.895. The molecule has 0 spiro atoms. The van der Waals surface area contributed by atoms with E-state index in [-0.39, 0.29) is 25.2 Å². The van der Waals surface area contributed by atoms with Gasteiger partial charge in [-0.3, -0.25) is 4.79 Å². The Balaban J connectivity index is 1.47. The number of ether oxygens (including phenoxy) is 2. The molecule has 2 fully saturated rings. The molecule has 1 aromatic carbocycles. The molecular weight excluding hydrogens is 344 g/mol. The third-order valence-corrected chi connectivity index (χ3v) is 5.67. The summed E-state index contributed by atoms with van der Waals surface area (Å²) >= 11 is 0. The van der Waals surface area contributed by atoms with Crippen LogP contribution in [0.5, 0.6) is 5.75 Å². The Labute approximate surface area is 161 Å². The summed E-state index contributed by atoms with van der Waals surface area (Å²) in [6.07, 6.45) is 9.64. The Bertz CT molecular complexity index is 614. The molecule has 5 heteroatoms. The minimum atomic E-state index is -0.752. The van der Waals surface area contributed by atoms with Gasteiger partial charge in [-0.15, -0.1) is 0 Å². The maximum absolute atomic E-state index is 10.8. The first-order valence-electron chi connectivity index (χ1n) is 10.0. The van der Waals surface area contributed by atoms with Crippen molar-refractivity contribution in [3.05, 3.63) is 42.5 Å². The molecule has 2 aliphatic rings. The van der Waals surface area contributed by atoms with Gasteiger partial charge in [-0.05, 0) is 56.1 Å². The summed E-state index contributed by atoms with van der Waals surface area (Å²) in [6, 6.07) is 9.50. The fraction of sp³-hybridized carbons (Fsp3) is 0.591. The lowest BCUT2D eigenvalue weighted by molar-refractivity contribution is -0.138. The number of carboxylic acid groups (broad SMARTS) is 1. The SMILES string of the molecule is O=C(O)CC[C@H]1CCC[C@H]2[C@H](CC[C@@H]2/C=C/[C@@H](O)COc2ccccc2)O1. The normalized spacial score (nSPS) is 29.2. The van der Waals surface area contributed by atoms with Crippen LogP contribution in [0.15, 0.2) is 42.5 Å². The van der Waals surface area contributed by atoms with E-state index in [9.17, 15) is 9.90 Å². The number of hydrogen-bond donors (Lipinski definition) is 2. The highest BCUT2D eigenvalue weighted by Crippen LogP contribution is 2.41. The summed E-state index contributed by atoms with van der Waals surface area (Å²) in [6.45, 7) is 0.245. The Hall–Kier alpha value is -1.85. The molecule has 1 aromatic rings. The first-order valence-corrected chi connectivity index (χ1v) is 10.0. The molecule has 5 nitrogen and oxygen atoms in total. The van der Waals surface area contributed by atoms with Gasteiger partial charge >= 0.3 is 5.97 Å². The molecule has 0 radical (unpaired) electrons. The second-order valence-corrected chi connectivity index (χ2v) is 7.64. The Kier molecular flexibility index (Phi) is 7.30. The van der Waals surface area contributed by atoms with Crippen LogP contribution in [0, 0.1) is 11.8 Å². The number of aliphatic hydroxyl groups excluding tert-OH is 1. The van der Waals surface area contributed by atoms with E-state index in [1.54, 1.807) is 0 Å². The van der Waals surface area contributed by atoms with E-state index in [0.29, 0.717) is 18.3 Å². The number of allylic oxidation sites excluding steroid dienone is 1. The first-order chi connectivity index (χ1) is 13.1. The van der Waals surface area contributed by atoms with Crippen LogP contribution in [0.2, 0.25) is 0 Å². The number of carboxylic acids is 1. The van der Waals surface area contributed by atoms with Crippen LogP contribution in [0.25, 0.3) is 0 Å². The van der Waals surface area contributed by atoms with Gasteiger partial charge in [0, 0.05) is 6.42 Å². The van der Waals surface area contributed by atoms with Crippen LogP contribution in [-0.2, 0) is 9.53 Å². The van der Waals surface area contributed by atoms with Crippen molar-refractivity contribution in [1.82, 2.24) is 0 Å². The molecule has 27 heavy (non-hydrogen) atoms. The number of benzene rings is 1. The van der Waals surface area contributed by atoms with E-state index >= 15 is 0 Å². The van der Waals surface area contributed by atoms with Crippen molar-refractivity contribution in [1.29, 1.82) is 0 Å². The van der Waals surface area contributed by atoms with Crippen molar-refractivity contribution in [2.75, 3.05) is 6.61 Å². The smallest absolute Gasteiger partial charge is 0.303 e. The van der Waals surface area contributed by atoms with E-state index < -0.39 is 12.1 Å². The highest BCUT2D eigenvalue weighted by atomic mass is 16.5. The van der Waals surface area contributed by atoms with Crippen LogP contribution in [0.3, 0.4) is 0 Å². The van der Waals surface area contributed by atoms with Crippen LogP contribution in [0.4, 0.5) is 0 Å². The van der Waals surface area contributed by atoms with Gasteiger partial charge in [-0.1, -0.05) is 36.8 Å². The quantitative estimate of drug-likeness (QED) is 0.677. The first kappa shape index (κ1) is 19.9. The van der Waals surface area contributed by atoms with Gasteiger partial charge in [0.15, 0.2) is 0 Å². The molecular formula is C22H30O5. The highest BCUT2D eigenvalue weighted by Gasteiger charge is 2.38. The fourth-order valence-electron chi connectivity index (χ4n) is 4.29. The lowest BCUT2D eigenvalue weighted by atomic mass is 9.89. The van der Waals surface area contributed by atoms with Crippen LogP contribution in [0.1, 0.15) is 44.9 Å². The Morgan fingerprint density at radius 2 is 2.04 bits per heavy atom. The molecule has 0 bridgehead atoms. The number of carbonyl (C=O) groups is 1. The second-order valence-electron chi connectivity index (χ2n) is 7.64. The summed E-state index contributed by atoms with van der Waals surface area (Å²) in [4.78, 5) is 10.8. The van der Waals surface area contributed by atoms with E-state index in [1.807, 2.05) is 36.4 Å². The van der Waals surface area contributed by atoms with E-state index in [1.165, 1.54) is 0 Å². The highest BCUT2D eigenvalue weighted by molar-refractivity contribution is 5.66. The lowest BCUT2D eigenvalue weighted by Crippen LogP contribution is -2.24. The average Bonchev–Trinajstić information content (AvgIpc) is 2.92. The molecule has 1 heterocycles. The minimum absolute atomic E-state index is 0.0729. The van der Waals surface area contributed by atoms with Crippen molar-refractivity contribution < 1.29 is 24.5 Å². The van der Waals surface area contributed by atoms with Gasteiger partial charge in [0.05, 0.1) is 12.2 Å². The van der Waals surface area contributed by atoms with Gasteiger partial charge in [-0.2, -0.15) is 0 Å². The molecule has 0 amide bonds. The van der Waals surface area contributed by atoms with Crippen molar-refractivity contribution in [3.63, 3.8) is 0 Å². The fourth-order valence-corrected chi connectivity index (χ4v) is 4.29. The average molecular weight is 374 g/mol. The molecule has 1 aliphatic carbocycles. The predicted octanol–water partition coefficient (Wildman–Crippen LogP) is 3.81. The topological polar surface area (TPSA) is 76.0 Å². The third kappa shape index (κ3) is 6.08. The molecule has 2 N–H and O–H groups in total. The predicted molar refractivity (Wildman–Crippen MR) is 103 cm³/mol. The molecule has 148 valence electrons. The molecule has 5 atom stereocenters. The van der Waals surface area contributed by atoms with E-state index in [0.717, 1.165) is 37.9 Å². The molecule has 1 saturated carbocycles. The van der Waals surface area contributed by atoms with Gasteiger partial charge in [0.1, 0.15) is 18.5 Å². The van der Waals surface area contributed by atoms with E-state index in [2.05, 4.69) is 6.08 Å². The van der Waals surface area contributed by atoms with Crippen molar-refractivity contribution in [2.45, 2.75) is 63.3 Å². The zero-order chi connectivity index (χ0) is 19.1. The monoisotopic (exact) mass is 374 g/mol. The number of hydrogen-bond acceptors (Lipinski definition) is 4. The zero-order valence-corrected chi connectivity index (χ0v) is 15.7. The zero-order valence-electron chi connectivity index (χ0n) is 15.7. The van der Waals surface area contributed by atoms with Crippen molar-refractivity contribution in [3.8, 4) is 5.75 Å². The summed E-state index contributed by atoms with van der Waals surface area (Å²) < 4.78 is 11.8. The standard InChI is InChI=1S/C22H30O5/c23-17(15-26-18-5-2-1-3-6-18)11-9-16-10-13-21-20(16)8-4-7-19(27-21)12-14-22(24)25/h1-3,5-6,9,11,16-17,19-21,23H,4,7-8,10,12-15H2,(H,24,25)/b11-9+/t16-,17+,19+,20+,21-/m0/s1. The summed E-state index contributed by atoms with van der Waals surface area (Å²) in [7, 11) is 0. The Morgan fingerprint density at radius 1 is 1.22 bits per heavy atom. The lowest BCUT2D eigenvalue weighted by Gasteiger charge is -2.23. The van der Waals surface area contributed by atoms with Crippen LogP contribution >= 0.6 is 0 Å². The minimum Gasteiger partial charge on any atom is -0.491 e. The van der Waals surface area contributed by atoms with Crippen LogP contribution < -0.4 is 4.74 Å². The summed E-state index contributed by atoms with van der Waals surface area (Å²) in [5.41, 5.74) is 0. The number of fused-ring (bicyclic) bond motifs is 1. The molecule has 0 aromatic heterocycles. The number of aliphatic hydroxyl groups is 1. The molecule has 3 rings (SSSR count).